The van der Waals surface area contributed by atoms with Gasteiger partial charge >= 0.3 is 5.97 Å². The van der Waals surface area contributed by atoms with Gasteiger partial charge in [-0.1, -0.05) is 18.2 Å². The Kier molecular flexibility index (Phi) is 8.01. The van der Waals surface area contributed by atoms with Crippen molar-refractivity contribution < 1.29 is 28.6 Å². The Bertz CT molecular complexity index is 885. The Hall–Kier alpha value is -2.87. The lowest BCUT2D eigenvalue weighted by molar-refractivity contribution is -0.136. The van der Waals surface area contributed by atoms with E-state index < -0.39 is 11.9 Å². The van der Waals surface area contributed by atoms with Crippen LogP contribution in [0.4, 0.5) is 4.39 Å². The molecule has 0 saturated heterocycles. The molecule has 2 aromatic rings. The van der Waals surface area contributed by atoms with Crippen molar-refractivity contribution in [2.45, 2.75) is 13.0 Å². The summed E-state index contributed by atoms with van der Waals surface area (Å²) in [5, 5.41) is 11.0. The molecule has 0 fully saturated rings. The van der Waals surface area contributed by atoms with Crippen LogP contribution in [0, 0.1) is 5.82 Å². The van der Waals surface area contributed by atoms with Crippen LogP contribution < -0.4 is 14.8 Å². The highest BCUT2D eigenvalue weighted by molar-refractivity contribution is 9.10. The molecule has 0 unspecified atom stereocenters. The number of nitrogens with one attached hydrogen (secondary N) is 1. The summed E-state index contributed by atoms with van der Waals surface area (Å²) in [5.74, 6) is -0.920. The second kappa shape index (κ2) is 10.5. The van der Waals surface area contributed by atoms with E-state index in [4.69, 9.17) is 14.6 Å². The Morgan fingerprint density at radius 2 is 2.04 bits per heavy atom. The van der Waals surface area contributed by atoms with Crippen LogP contribution in [0.3, 0.4) is 0 Å². The zero-order valence-electron chi connectivity index (χ0n) is 15.1. The largest absolute Gasteiger partial charge is 0.493 e. The van der Waals surface area contributed by atoms with Crippen molar-refractivity contribution in [2.75, 3.05) is 13.7 Å². The lowest BCUT2D eigenvalue weighted by atomic mass is 10.2. The molecule has 0 aliphatic rings. The van der Waals surface area contributed by atoms with Gasteiger partial charge in [0.2, 0.25) is 5.91 Å². The highest BCUT2D eigenvalue weighted by atomic mass is 79.9. The van der Waals surface area contributed by atoms with E-state index in [1.165, 1.54) is 19.3 Å². The predicted molar refractivity (Wildman–Crippen MR) is 106 cm³/mol. The first-order valence-electron chi connectivity index (χ1n) is 8.32. The van der Waals surface area contributed by atoms with Crippen molar-refractivity contribution in [1.29, 1.82) is 0 Å². The highest BCUT2D eigenvalue weighted by Crippen LogP contribution is 2.37. The molecule has 0 saturated carbocycles. The number of amides is 1. The van der Waals surface area contributed by atoms with Crippen LogP contribution in [-0.4, -0.2) is 30.6 Å². The molecule has 0 atom stereocenters. The average Bonchev–Trinajstić information content (AvgIpc) is 2.66. The molecule has 148 valence electrons. The van der Waals surface area contributed by atoms with Crippen LogP contribution in [0.25, 0.3) is 6.08 Å². The minimum absolute atomic E-state index is 0.0306. The number of aliphatic carboxylic acids is 1. The quantitative estimate of drug-likeness (QED) is 0.566. The van der Waals surface area contributed by atoms with E-state index in [1.54, 1.807) is 36.4 Å². The van der Waals surface area contributed by atoms with Gasteiger partial charge in [-0.05, 0) is 45.8 Å². The topological polar surface area (TPSA) is 84.9 Å². The third-order valence-corrected chi connectivity index (χ3v) is 4.24. The van der Waals surface area contributed by atoms with E-state index in [1.807, 2.05) is 0 Å². The number of hydrogen-bond donors (Lipinski definition) is 2. The fourth-order valence-corrected chi connectivity index (χ4v) is 2.84. The number of carbonyl (C=O) groups excluding carboxylic acids is 1. The van der Waals surface area contributed by atoms with E-state index in [9.17, 15) is 14.0 Å². The van der Waals surface area contributed by atoms with Crippen molar-refractivity contribution in [3.63, 3.8) is 0 Å². The van der Waals surface area contributed by atoms with Gasteiger partial charge in [0.05, 0.1) is 18.0 Å². The lowest BCUT2D eigenvalue weighted by Crippen LogP contribution is -2.23. The molecule has 2 aromatic carbocycles. The van der Waals surface area contributed by atoms with Crippen LogP contribution in [0.5, 0.6) is 11.5 Å². The number of carboxylic acid groups (broad SMARTS) is 1. The molecule has 0 aliphatic carbocycles. The molecule has 0 heterocycles. The molecule has 0 spiro atoms. The van der Waals surface area contributed by atoms with Crippen molar-refractivity contribution >= 4 is 33.9 Å². The summed E-state index contributed by atoms with van der Waals surface area (Å²) in [6.07, 6.45) is 2.71. The monoisotopic (exact) mass is 451 g/mol. The maximum absolute atomic E-state index is 13.7. The zero-order chi connectivity index (χ0) is 20.5. The molecule has 0 aromatic heterocycles. The number of rotatable bonds is 9. The van der Waals surface area contributed by atoms with Crippen LogP contribution in [0.1, 0.15) is 17.5 Å². The Morgan fingerprint density at radius 3 is 2.71 bits per heavy atom. The van der Waals surface area contributed by atoms with E-state index >= 15 is 0 Å². The van der Waals surface area contributed by atoms with Gasteiger partial charge in [0.1, 0.15) is 12.4 Å². The van der Waals surface area contributed by atoms with Gasteiger partial charge in [-0.25, -0.2) is 4.39 Å². The van der Waals surface area contributed by atoms with Crippen LogP contribution >= 0.6 is 15.9 Å². The Balaban J connectivity index is 2.08. The van der Waals surface area contributed by atoms with E-state index in [2.05, 4.69) is 21.2 Å². The SMILES string of the molecule is COc1cc(/C=C/C(=O)NCCC(=O)O)cc(Br)c1OCc1ccccc1F. The summed E-state index contributed by atoms with van der Waals surface area (Å²) in [6.45, 7) is 0.0805. The number of ether oxygens (including phenoxy) is 2. The number of hydrogen-bond acceptors (Lipinski definition) is 4. The molecule has 2 N–H and O–H groups in total. The fourth-order valence-electron chi connectivity index (χ4n) is 2.26. The highest BCUT2D eigenvalue weighted by Gasteiger charge is 2.12. The second-order valence-corrected chi connectivity index (χ2v) is 6.54. The van der Waals surface area contributed by atoms with Crippen molar-refractivity contribution in [2.24, 2.45) is 0 Å². The summed E-state index contributed by atoms with van der Waals surface area (Å²) in [6, 6.07) is 9.72. The lowest BCUT2D eigenvalue weighted by Gasteiger charge is -2.14. The zero-order valence-corrected chi connectivity index (χ0v) is 16.7. The number of halogens is 2. The smallest absolute Gasteiger partial charge is 0.305 e. The molecule has 28 heavy (non-hydrogen) atoms. The number of benzene rings is 2. The molecule has 0 aliphatic heterocycles. The third kappa shape index (κ3) is 6.38. The Labute approximate surface area is 170 Å². The van der Waals surface area contributed by atoms with Gasteiger partial charge in [0.15, 0.2) is 11.5 Å². The predicted octanol–water partition coefficient (Wildman–Crippen LogP) is 3.78. The van der Waals surface area contributed by atoms with E-state index in [0.29, 0.717) is 27.1 Å². The molecule has 2 rings (SSSR count). The summed E-state index contributed by atoms with van der Waals surface area (Å²) in [7, 11) is 1.48. The molecule has 0 radical (unpaired) electrons. The van der Waals surface area contributed by atoms with Gasteiger partial charge in [-0.15, -0.1) is 0 Å². The first-order chi connectivity index (χ1) is 13.4. The first kappa shape index (κ1) is 21.4. The normalized spacial score (nSPS) is 10.7. The Morgan fingerprint density at radius 1 is 1.29 bits per heavy atom. The second-order valence-electron chi connectivity index (χ2n) is 5.68. The molecule has 0 bridgehead atoms. The standard InChI is InChI=1S/C20H19BrFNO5/c1-27-17-11-13(6-7-18(24)23-9-8-19(25)26)10-15(21)20(17)28-12-14-4-2-3-5-16(14)22/h2-7,10-11H,8-9,12H2,1H3,(H,23,24)(H,25,26)/b7-6+. The summed E-state index contributed by atoms with van der Waals surface area (Å²) >= 11 is 3.40. The van der Waals surface area contributed by atoms with Gasteiger partial charge in [0.25, 0.3) is 0 Å². The molecule has 8 heteroatoms. The van der Waals surface area contributed by atoms with E-state index in [0.717, 1.165) is 0 Å². The van der Waals surface area contributed by atoms with Gasteiger partial charge in [0, 0.05) is 18.2 Å². The minimum atomic E-state index is -0.982. The van der Waals surface area contributed by atoms with Gasteiger partial charge in [-0.3, -0.25) is 9.59 Å². The van der Waals surface area contributed by atoms with Gasteiger partial charge in [-0.2, -0.15) is 0 Å². The van der Waals surface area contributed by atoms with Crippen LogP contribution in [-0.2, 0) is 16.2 Å². The summed E-state index contributed by atoms with van der Waals surface area (Å²) < 4.78 is 25.4. The maximum Gasteiger partial charge on any atom is 0.305 e. The van der Waals surface area contributed by atoms with Crippen molar-refractivity contribution in [1.82, 2.24) is 5.32 Å². The summed E-state index contributed by atoms with van der Waals surface area (Å²) in [5.41, 5.74) is 1.08. The minimum Gasteiger partial charge on any atom is -0.493 e. The third-order valence-electron chi connectivity index (χ3n) is 3.65. The first-order valence-corrected chi connectivity index (χ1v) is 9.11. The molecule has 6 nitrogen and oxygen atoms in total. The number of carbonyl (C=O) groups is 2. The molecular formula is C20H19BrFNO5. The number of methoxy groups -OCH3 is 1. The van der Waals surface area contributed by atoms with Crippen LogP contribution in [0.15, 0.2) is 46.9 Å². The average molecular weight is 452 g/mol. The van der Waals surface area contributed by atoms with E-state index in [-0.39, 0.29) is 25.4 Å². The van der Waals surface area contributed by atoms with Gasteiger partial charge < -0.3 is 19.9 Å². The molecule has 1 amide bonds. The fraction of sp³-hybridized carbons (Fsp3) is 0.200. The van der Waals surface area contributed by atoms with Crippen molar-refractivity contribution in [3.05, 3.63) is 63.9 Å². The number of carboxylic acids is 1. The maximum atomic E-state index is 13.7. The van der Waals surface area contributed by atoms with Crippen LogP contribution in [0.2, 0.25) is 0 Å². The molecular weight excluding hydrogens is 433 g/mol. The van der Waals surface area contributed by atoms with Crippen molar-refractivity contribution in [3.8, 4) is 11.5 Å². The summed E-state index contributed by atoms with van der Waals surface area (Å²) in [4.78, 5) is 22.1.